The average molecular weight is 353 g/mol. The molecule has 0 heterocycles. The van der Waals surface area contributed by atoms with Gasteiger partial charge < -0.3 is 30.2 Å². The third kappa shape index (κ3) is 5.55. The Kier molecular flexibility index (Phi) is 7.51. The van der Waals surface area contributed by atoms with Gasteiger partial charge in [0.25, 0.3) is 0 Å². The number of benzene rings is 1. The van der Waals surface area contributed by atoms with Crippen molar-refractivity contribution in [1.29, 1.82) is 0 Å². The topological polar surface area (TPSA) is 120 Å². The molecule has 0 aromatic heterocycles. The summed E-state index contributed by atoms with van der Waals surface area (Å²) >= 11 is 0. The van der Waals surface area contributed by atoms with E-state index in [-0.39, 0.29) is 25.4 Å². The Morgan fingerprint density at radius 3 is 2.08 bits per heavy atom. The number of nitrogens with two attached hydrogens (primary N) is 1. The van der Waals surface area contributed by atoms with Crippen molar-refractivity contribution in [2.75, 3.05) is 50.4 Å². The van der Waals surface area contributed by atoms with Gasteiger partial charge in [0.15, 0.2) is 0 Å². The third-order valence-corrected chi connectivity index (χ3v) is 3.38. The molecule has 0 aliphatic heterocycles. The van der Waals surface area contributed by atoms with E-state index in [1.165, 1.54) is 38.4 Å². The van der Waals surface area contributed by atoms with E-state index >= 15 is 0 Å². The first-order valence-corrected chi connectivity index (χ1v) is 7.52. The van der Waals surface area contributed by atoms with Gasteiger partial charge in [0, 0.05) is 12.5 Å². The van der Waals surface area contributed by atoms with Crippen molar-refractivity contribution in [3.63, 3.8) is 0 Å². The molecular formula is C16H23N3O6. The summed E-state index contributed by atoms with van der Waals surface area (Å²) in [6.07, 6.45) is 0.273. The van der Waals surface area contributed by atoms with Crippen LogP contribution in [-0.2, 0) is 23.9 Å². The first-order chi connectivity index (χ1) is 11.9. The highest BCUT2D eigenvalue weighted by Gasteiger charge is 2.21. The van der Waals surface area contributed by atoms with Crippen LogP contribution in [0.25, 0.3) is 0 Å². The fourth-order valence-corrected chi connectivity index (χ4v) is 2.01. The standard InChI is InChI=1S/C16H23N3O6/c1-5-14(20)18-11-7-12(13(23-2)6-10(11)17)19(8-15(21)24-3)9-16(22)25-4/h6-7H,5,8-9,17H2,1-4H3,(H,18,20). The highest BCUT2D eigenvalue weighted by molar-refractivity contribution is 5.95. The molecule has 0 atom stereocenters. The number of hydrogen-bond donors (Lipinski definition) is 2. The number of carbonyl (C=O) groups is 3. The van der Waals surface area contributed by atoms with Crippen molar-refractivity contribution in [2.24, 2.45) is 0 Å². The molecule has 0 saturated carbocycles. The van der Waals surface area contributed by atoms with Crippen molar-refractivity contribution in [3.8, 4) is 5.75 Å². The monoisotopic (exact) mass is 353 g/mol. The lowest BCUT2D eigenvalue weighted by atomic mass is 10.2. The fourth-order valence-electron chi connectivity index (χ4n) is 2.01. The molecule has 0 spiro atoms. The molecular weight excluding hydrogens is 330 g/mol. The molecule has 9 heteroatoms. The molecule has 1 aromatic rings. The summed E-state index contributed by atoms with van der Waals surface area (Å²) in [4.78, 5) is 36.5. The first kappa shape index (κ1) is 20.1. The maximum absolute atomic E-state index is 11.7. The molecule has 0 aliphatic carbocycles. The number of carbonyl (C=O) groups excluding carboxylic acids is 3. The molecule has 0 aliphatic rings. The van der Waals surface area contributed by atoms with Crippen LogP contribution in [0.4, 0.5) is 17.1 Å². The van der Waals surface area contributed by atoms with Gasteiger partial charge in [0.1, 0.15) is 18.8 Å². The zero-order valence-corrected chi connectivity index (χ0v) is 14.8. The Labute approximate surface area is 146 Å². The van der Waals surface area contributed by atoms with E-state index in [1.807, 2.05) is 0 Å². The van der Waals surface area contributed by atoms with Gasteiger partial charge in [-0.15, -0.1) is 0 Å². The summed E-state index contributed by atoms with van der Waals surface area (Å²) in [5.41, 5.74) is 6.95. The zero-order chi connectivity index (χ0) is 19.0. The van der Waals surface area contributed by atoms with Crippen molar-refractivity contribution in [2.45, 2.75) is 13.3 Å². The van der Waals surface area contributed by atoms with Gasteiger partial charge in [-0.05, 0) is 6.07 Å². The number of rotatable bonds is 8. The van der Waals surface area contributed by atoms with Crippen molar-refractivity contribution in [3.05, 3.63) is 12.1 Å². The summed E-state index contributed by atoms with van der Waals surface area (Å²) in [6, 6.07) is 3.04. The van der Waals surface area contributed by atoms with E-state index in [4.69, 9.17) is 10.5 Å². The summed E-state index contributed by atoms with van der Waals surface area (Å²) in [7, 11) is 3.91. The summed E-state index contributed by atoms with van der Waals surface area (Å²) in [5.74, 6) is -1.00. The molecule has 0 bridgehead atoms. The van der Waals surface area contributed by atoms with Crippen molar-refractivity contribution >= 4 is 34.9 Å². The van der Waals surface area contributed by atoms with Gasteiger partial charge in [-0.1, -0.05) is 6.92 Å². The van der Waals surface area contributed by atoms with E-state index < -0.39 is 11.9 Å². The van der Waals surface area contributed by atoms with Crippen LogP contribution in [0.3, 0.4) is 0 Å². The molecule has 1 aromatic carbocycles. The van der Waals surface area contributed by atoms with Crippen LogP contribution in [-0.4, -0.2) is 52.3 Å². The number of methoxy groups -OCH3 is 3. The SMILES string of the molecule is CCC(=O)Nc1cc(N(CC(=O)OC)CC(=O)OC)c(OC)cc1N. The fraction of sp³-hybridized carbons (Fsp3) is 0.438. The van der Waals surface area contributed by atoms with Crippen LogP contribution in [0.5, 0.6) is 5.75 Å². The molecule has 3 N–H and O–H groups in total. The van der Waals surface area contributed by atoms with Gasteiger partial charge in [-0.25, -0.2) is 0 Å². The highest BCUT2D eigenvalue weighted by Crippen LogP contribution is 2.36. The molecule has 0 unspecified atom stereocenters. The van der Waals surface area contributed by atoms with Gasteiger partial charge in [-0.3, -0.25) is 14.4 Å². The number of hydrogen-bond acceptors (Lipinski definition) is 8. The number of nitrogens with zero attached hydrogens (tertiary/aromatic N) is 1. The van der Waals surface area contributed by atoms with Crippen molar-refractivity contribution < 1.29 is 28.6 Å². The normalized spacial score (nSPS) is 9.92. The number of nitrogens with one attached hydrogen (secondary N) is 1. The second-order valence-electron chi connectivity index (χ2n) is 5.02. The van der Waals surface area contributed by atoms with E-state index in [0.717, 1.165) is 0 Å². The predicted octanol–water partition coefficient (Wildman–Crippen LogP) is 0.778. The number of nitrogen functional groups attached to an aromatic ring is 1. The Hall–Kier alpha value is -2.97. The van der Waals surface area contributed by atoms with Gasteiger partial charge in [0.05, 0.1) is 38.4 Å². The number of esters is 2. The first-order valence-electron chi connectivity index (χ1n) is 7.52. The summed E-state index contributed by atoms with van der Waals surface area (Å²) in [6.45, 7) is 1.27. The molecule has 138 valence electrons. The van der Waals surface area contributed by atoms with Crippen molar-refractivity contribution in [1.82, 2.24) is 0 Å². The second-order valence-corrected chi connectivity index (χ2v) is 5.02. The Bertz CT molecular complexity index is 629. The Morgan fingerprint density at radius 2 is 1.64 bits per heavy atom. The van der Waals surface area contributed by atoms with Crippen LogP contribution >= 0.6 is 0 Å². The molecule has 9 nitrogen and oxygen atoms in total. The average Bonchev–Trinajstić information content (AvgIpc) is 2.61. The van der Waals surface area contributed by atoms with Crippen LogP contribution in [0.15, 0.2) is 12.1 Å². The van der Waals surface area contributed by atoms with Crippen LogP contribution in [0, 0.1) is 0 Å². The number of ether oxygens (including phenoxy) is 3. The second kappa shape index (κ2) is 9.36. The lowest BCUT2D eigenvalue weighted by Crippen LogP contribution is -2.36. The molecule has 0 radical (unpaired) electrons. The Balaban J connectivity index is 3.33. The van der Waals surface area contributed by atoms with Gasteiger partial charge in [-0.2, -0.15) is 0 Å². The maximum Gasteiger partial charge on any atom is 0.325 e. The zero-order valence-electron chi connectivity index (χ0n) is 14.8. The predicted molar refractivity (Wildman–Crippen MR) is 92.6 cm³/mol. The number of anilines is 3. The third-order valence-electron chi connectivity index (χ3n) is 3.38. The highest BCUT2D eigenvalue weighted by atomic mass is 16.5. The van der Waals surface area contributed by atoms with E-state index in [2.05, 4.69) is 14.8 Å². The molecule has 0 saturated heterocycles. The van der Waals surface area contributed by atoms with Crippen LogP contribution < -0.4 is 20.7 Å². The summed E-state index contributed by atoms with van der Waals surface area (Å²) in [5, 5.41) is 2.66. The van der Waals surface area contributed by atoms with E-state index in [0.29, 0.717) is 22.8 Å². The van der Waals surface area contributed by atoms with Crippen LogP contribution in [0.1, 0.15) is 13.3 Å². The molecule has 0 fully saturated rings. The lowest BCUT2D eigenvalue weighted by Gasteiger charge is -2.25. The largest absolute Gasteiger partial charge is 0.495 e. The molecule has 25 heavy (non-hydrogen) atoms. The molecule has 1 rings (SSSR count). The van der Waals surface area contributed by atoms with E-state index in [9.17, 15) is 14.4 Å². The molecule has 1 amide bonds. The maximum atomic E-state index is 11.7. The Morgan fingerprint density at radius 1 is 1.08 bits per heavy atom. The van der Waals surface area contributed by atoms with Gasteiger partial charge in [0.2, 0.25) is 5.91 Å². The summed E-state index contributed by atoms with van der Waals surface area (Å²) < 4.78 is 14.6. The lowest BCUT2D eigenvalue weighted by molar-refractivity contribution is -0.140. The van der Waals surface area contributed by atoms with Crippen LogP contribution in [0.2, 0.25) is 0 Å². The van der Waals surface area contributed by atoms with Gasteiger partial charge >= 0.3 is 11.9 Å². The number of amides is 1. The quantitative estimate of drug-likeness (QED) is 0.519. The smallest absolute Gasteiger partial charge is 0.325 e. The minimum atomic E-state index is -0.554. The minimum absolute atomic E-state index is 0.215. The van der Waals surface area contributed by atoms with E-state index in [1.54, 1.807) is 6.92 Å². The minimum Gasteiger partial charge on any atom is -0.495 e.